The van der Waals surface area contributed by atoms with Gasteiger partial charge in [0, 0.05) is 24.2 Å². The number of nitrogens with one attached hydrogen (secondary N) is 3. The number of hydrogen-bond donors (Lipinski definition) is 4. The number of nitrogens with two attached hydrogens (primary N) is 1. The van der Waals surface area contributed by atoms with Gasteiger partial charge in [0.25, 0.3) is 0 Å². The summed E-state index contributed by atoms with van der Waals surface area (Å²) >= 11 is 0. The second-order valence-electron chi connectivity index (χ2n) is 7.69. The quantitative estimate of drug-likeness (QED) is 0.386. The van der Waals surface area contributed by atoms with Gasteiger partial charge in [0.1, 0.15) is 29.5 Å². The number of methoxy groups -OCH3 is 2. The highest BCUT2D eigenvalue weighted by molar-refractivity contribution is 6.16. The first-order valence-corrected chi connectivity index (χ1v) is 10.8. The summed E-state index contributed by atoms with van der Waals surface area (Å²) in [6.07, 6.45) is 3.54. The van der Waals surface area contributed by atoms with Crippen LogP contribution in [0.15, 0.2) is 48.8 Å². The molecule has 1 fully saturated rings. The fourth-order valence-electron chi connectivity index (χ4n) is 3.77. The molecule has 0 bridgehead atoms. The normalized spacial score (nSPS) is 15.5. The Bertz CT molecular complexity index is 1110. The number of anilines is 2. The molecule has 1 unspecified atom stereocenters. The number of rotatable bonds is 8. The molecule has 2 heterocycles. The SMILES string of the molecule is COc1ccc(Oc2ccc(C(=N)c3c(N)ncnc3NC3CCCNC3)cc2)cc1OC. The lowest BCUT2D eigenvalue weighted by molar-refractivity contribution is 0.352. The van der Waals surface area contributed by atoms with Crippen molar-refractivity contribution in [3.8, 4) is 23.0 Å². The topological polar surface area (TPSA) is 127 Å². The lowest BCUT2D eigenvalue weighted by Crippen LogP contribution is -2.39. The van der Waals surface area contributed by atoms with Crippen molar-refractivity contribution in [2.75, 3.05) is 38.4 Å². The minimum Gasteiger partial charge on any atom is -0.493 e. The molecule has 0 spiro atoms. The van der Waals surface area contributed by atoms with Crippen molar-refractivity contribution in [1.29, 1.82) is 5.41 Å². The molecule has 1 saturated heterocycles. The molecule has 1 atom stereocenters. The molecule has 0 aliphatic carbocycles. The minimum absolute atomic E-state index is 0.233. The Balaban J connectivity index is 1.52. The Morgan fingerprint density at radius 3 is 2.52 bits per heavy atom. The van der Waals surface area contributed by atoms with Crippen LogP contribution in [0.4, 0.5) is 11.6 Å². The summed E-state index contributed by atoms with van der Waals surface area (Å²) in [4.78, 5) is 8.47. The first-order chi connectivity index (χ1) is 16.1. The molecule has 33 heavy (non-hydrogen) atoms. The van der Waals surface area contributed by atoms with Crippen LogP contribution in [0.5, 0.6) is 23.0 Å². The van der Waals surface area contributed by atoms with E-state index in [-0.39, 0.29) is 17.6 Å². The molecular formula is C24H28N6O3. The van der Waals surface area contributed by atoms with E-state index >= 15 is 0 Å². The highest BCUT2D eigenvalue weighted by Gasteiger charge is 2.20. The van der Waals surface area contributed by atoms with Gasteiger partial charge in [-0.15, -0.1) is 0 Å². The van der Waals surface area contributed by atoms with Crippen LogP contribution in [0.1, 0.15) is 24.0 Å². The largest absolute Gasteiger partial charge is 0.493 e. The zero-order valence-corrected chi connectivity index (χ0v) is 18.7. The van der Waals surface area contributed by atoms with Gasteiger partial charge in [-0.05, 0) is 55.8 Å². The molecule has 9 nitrogen and oxygen atoms in total. The second-order valence-corrected chi connectivity index (χ2v) is 7.69. The third-order valence-corrected chi connectivity index (χ3v) is 5.50. The van der Waals surface area contributed by atoms with Gasteiger partial charge in [-0.3, -0.25) is 5.41 Å². The highest BCUT2D eigenvalue weighted by Crippen LogP contribution is 2.33. The van der Waals surface area contributed by atoms with Crippen LogP contribution < -0.4 is 30.6 Å². The van der Waals surface area contributed by atoms with E-state index in [9.17, 15) is 0 Å². The molecular weight excluding hydrogens is 420 g/mol. The van der Waals surface area contributed by atoms with E-state index in [1.807, 2.05) is 12.1 Å². The summed E-state index contributed by atoms with van der Waals surface area (Å²) in [6.45, 7) is 1.86. The van der Waals surface area contributed by atoms with Crippen molar-refractivity contribution in [2.24, 2.45) is 0 Å². The van der Waals surface area contributed by atoms with Crippen molar-refractivity contribution < 1.29 is 14.2 Å². The third-order valence-electron chi connectivity index (χ3n) is 5.50. The van der Waals surface area contributed by atoms with Gasteiger partial charge < -0.3 is 30.6 Å². The summed E-state index contributed by atoms with van der Waals surface area (Å²) in [7, 11) is 3.17. The van der Waals surface area contributed by atoms with Gasteiger partial charge >= 0.3 is 0 Å². The molecule has 1 aliphatic heterocycles. The van der Waals surface area contributed by atoms with Gasteiger partial charge in [-0.25, -0.2) is 9.97 Å². The lowest BCUT2D eigenvalue weighted by Gasteiger charge is -2.25. The molecule has 9 heteroatoms. The molecule has 1 aromatic heterocycles. The first-order valence-electron chi connectivity index (χ1n) is 10.8. The predicted octanol–water partition coefficient (Wildman–Crippen LogP) is 3.45. The molecule has 172 valence electrons. The minimum atomic E-state index is 0.233. The van der Waals surface area contributed by atoms with E-state index in [0.717, 1.165) is 25.9 Å². The van der Waals surface area contributed by atoms with E-state index in [2.05, 4.69) is 20.6 Å². The lowest BCUT2D eigenvalue weighted by atomic mass is 10.0. The van der Waals surface area contributed by atoms with Gasteiger partial charge in [0.15, 0.2) is 11.5 Å². The van der Waals surface area contributed by atoms with Crippen molar-refractivity contribution >= 4 is 17.3 Å². The summed E-state index contributed by atoms with van der Waals surface area (Å²) in [5.41, 5.74) is 7.58. The van der Waals surface area contributed by atoms with Crippen LogP contribution in [0, 0.1) is 5.41 Å². The number of nitrogens with zero attached hydrogens (tertiary/aromatic N) is 2. The Hall–Kier alpha value is -3.85. The predicted molar refractivity (Wildman–Crippen MR) is 128 cm³/mol. The maximum atomic E-state index is 8.77. The number of benzene rings is 2. The fraction of sp³-hybridized carbons (Fsp3) is 0.292. The molecule has 2 aromatic carbocycles. The number of ether oxygens (including phenoxy) is 3. The summed E-state index contributed by atoms with van der Waals surface area (Å²) in [6, 6.07) is 12.8. The van der Waals surface area contributed by atoms with Gasteiger partial charge in [0.2, 0.25) is 0 Å². The zero-order valence-electron chi connectivity index (χ0n) is 18.7. The van der Waals surface area contributed by atoms with Crippen LogP contribution in [-0.4, -0.2) is 49.0 Å². The summed E-state index contributed by atoms with van der Waals surface area (Å²) < 4.78 is 16.5. The molecule has 1 aliphatic rings. The molecule has 0 amide bonds. The van der Waals surface area contributed by atoms with Crippen LogP contribution in [0.2, 0.25) is 0 Å². The average Bonchev–Trinajstić information content (AvgIpc) is 2.85. The van der Waals surface area contributed by atoms with Crippen LogP contribution in [-0.2, 0) is 0 Å². The van der Waals surface area contributed by atoms with Crippen LogP contribution >= 0.6 is 0 Å². The van der Waals surface area contributed by atoms with Gasteiger partial charge in [-0.2, -0.15) is 0 Å². The van der Waals surface area contributed by atoms with E-state index < -0.39 is 0 Å². The van der Waals surface area contributed by atoms with Crippen molar-refractivity contribution in [3.05, 3.63) is 59.9 Å². The van der Waals surface area contributed by atoms with Gasteiger partial charge in [-0.1, -0.05) is 0 Å². The molecule has 3 aromatic rings. The Kier molecular flexibility index (Phi) is 6.89. The Labute approximate surface area is 192 Å². The van der Waals surface area contributed by atoms with Gasteiger partial charge in [0.05, 0.1) is 25.5 Å². The van der Waals surface area contributed by atoms with E-state index in [1.165, 1.54) is 6.33 Å². The second kappa shape index (κ2) is 10.2. The first kappa shape index (κ1) is 22.3. The van der Waals surface area contributed by atoms with Crippen molar-refractivity contribution in [3.63, 3.8) is 0 Å². The van der Waals surface area contributed by atoms with E-state index in [4.69, 9.17) is 25.4 Å². The fourth-order valence-corrected chi connectivity index (χ4v) is 3.77. The standard InChI is InChI=1S/C24H28N6O3/c1-31-19-10-9-18(12-20(19)32-2)33-17-7-5-15(6-8-17)22(25)21-23(26)28-14-29-24(21)30-16-4-3-11-27-13-16/h5-10,12,14,16,25,27H,3-4,11,13H2,1-2H3,(H3,26,28,29,30). The Morgan fingerprint density at radius 1 is 1.06 bits per heavy atom. The van der Waals surface area contributed by atoms with Crippen molar-refractivity contribution in [2.45, 2.75) is 18.9 Å². The van der Waals surface area contributed by atoms with Crippen LogP contribution in [0.25, 0.3) is 0 Å². The van der Waals surface area contributed by atoms with Crippen LogP contribution in [0.3, 0.4) is 0 Å². The Morgan fingerprint density at radius 2 is 1.82 bits per heavy atom. The van der Waals surface area contributed by atoms with Crippen molar-refractivity contribution in [1.82, 2.24) is 15.3 Å². The molecule has 4 rings (SSSR count). The summed E-state index contributed by atoms with van der Waals surface area (Å²) in [5.74, 6) is 3.30. The molecule has 5 N–H and O–H groups in total. The molecule has 0 radical (unpaired) electrons. The number of piperidine rings is 1. The number of hydrogen-bond acceptors (Lipinski definition) is 9. The number of aromatic nitrogens is 2. The van der Waals surface area contributed by atoms with E-state index in [0.29, 0.717) is 39.9 Å². The third kappa shape index (κ3) is 5.15. The zero-order chi connectivity index (χ0) is 23.2. The number of nitrogen functional groups attached to an aromatic ring is 1. The average molecular weight is 449 g/mol. The maximum Gasteiger partial charge on any atom is 0.164 e. The maximum absolute atomic E-state index is 8.77. The smallest absolute Gasteiger partial charge is 0.164 e. The summed E-state index contributed by atoms with van der Waals surface area (Å²) in [5, 5.41) is 15.6. The highest BCUT2D eigenvalue weighted by atomic mass is 16.5. The van der Waals surface area contributed by atoms with E-state index in [1.54, 1.807) is 44.6 Å². The molecule has 0 saturated carbocycles. The monoisotopic (exact) mass is 448 g/mol.